The number of hydrogen-bond donors (Lipinski definition) is 3. The molecule has 2 amide bonds. The van der Waals surface area contributed by atoms with E-state index in [9.17, 15) is 23.9 Å². The summed E-state index contributed by atoms with van der Waals surface area (Å²) in [5.41, 5.74) is 1.45. The summed E-state index contributed by atoms with van der Waals surface area (Å²) >= 11 is 0. The van der Waals surface area contributed by atoms with Crippen LogP contribution >= 0.6 is 0 Å². The number of allylic oxidation sites excluding steroid dienone is 1. The van der Waals surface area contributed by atoms with E-state index >= 15 is 0 Å². The van der Waals surface area contributed by atoms with Crippen LogP contribution in [0.5, 0.6) is 0 Å². The van der Waals surface area contributed by atoms with Gasteiger partial charge in [-0.05, 0) is 38.0 Å². The van der Waals surface area contributed by atoms with Crippen LogP contribution in [0.3, 0.4) is 0 Å². The first kappa shape index (κ1) is 20.3. The van der Waals surface area contributed by atoms with Crippen LogP contribution in [0.2, 0.25) is 0 Å². The molecule has 0 saturated carbocycles. The molecule has 0 unspecified atom stereocenters. The SMILES string of the molecule is CC(=O)N[C@@H](Cc1cccc(F)c1)C(=O)N[C@H](CC=C(C)C)C(=O)O. The minimum absolute atomic E-state index is 0.0537. The zero-order chi connectivity index (χ0) is 19.0. The van der Waals surface area contributed by atoms with E-state index in [1.54, 1.807) is 12.1 Å². The summed E-state index contributed by atoms with van der Waals surface area (Å²) in [4.78, 5) is 35.1. The van der Waals surface area contributed by atoms with E-state index in [1.807, 2.05) is 13.8 Å². The molecule has 1 aromatic rings. The lowest BCUT2D eigenvalue weighted by atomic mass is 10.0. The Labute approximate surface area is 146 Å². The van der Waals surface area contributed by atoms with Gasteiger partial charge in [0.1, 0.15) is 17.9 Å². The molecule has 0 aliphatic heterocycles. The van der Waals surface area contributed by atoms with Gasteiger partial charge in [-0.2, -0.15) is 0 Å². The van der Waals surface area contributed by atoms with Crippen molar-refractivity contribution in [3.05, 3.63) is 47.3 Å². The molecule has 0 aliphatic carbocycles. The van der Waals surface area contributed by atoms with Crippen molar-refractivity contribution in [3.8, 4) is 0 Å². The van der Waals surface area contributed by atoms with Gasteiger partial charge < -0.3 is 15.7 Å². The Morgan fingerprint density at radius 3 is 2.36 bits per heavy atom. The molecule has 3 N–H and O–H groups in total. The van der Waals surface area contributed by atoms with Gasteiger partial charge in [0, 0.05) is 13.3 Å². The van der Waals surface area contributed by atoms with Crippen LogP contribution < -0.4 is 10.6 Å². The van der Waals surface area contributed by atoms with E-state index in [0.29, 0.717) is 5.56 Å². The molecule has 0 radical (unpaired) electrons. The van der Waals surface area contributed by atoms with Crippen molar-refractivity contribution in [2.75, 3.05) is 0 Å². The average Bonchev–Trinajstić information content (AvgIpc) is 2.49. The Bertz CT molecular complexity index is 669. The van der Waals surface area contributed by atoms with Crippen LogP contribution in [0.15, 0.2) is 35.9 Å². The predicted molar refractivity (Wildman–Crippen MR) is 91.3 cm³/mol. The molecule has 7 heteroatoms. The smallest absolute Gasteiger partial charge is 0.326 e. The van der Waals surface area contributed by atoms with Crippen molar-refractivity contribution in [3.63, 3.8) is 0 Å². The largest absolute Gasteiger partial charge is 0.480 e. The number of aliphatic carboxylic acids is 1. The third-order valence-electron chi connectivity index (χ3n) is 3.40. The molecule has 2 atom stereocenters. The van der Waals surface area contributed by atoms with Crippen molar-refractivity contribution in [2.24, 2.45) is 0 Å². The summed E-state index contributed by atoms with van der Waals surface area (Å²) in [5.74, 6) is -2.69. The van der Waals surface area contributed by atoms with E-state index < -0.39 is 35.7 Å². The summed E-state index contributed by atoms with van der Waals surface area (Å²) in [6.07, 6.45) is 1.90. The maximum Gasteiger partial charge on any atom is 0.326 e. The molecule has 0 aromatic heterocycles. The van der Waals surface area contributed by atoms with Crippen LogP contribution in [0.4, 0.5) is 4.39 Å². The van der Waals surface area contributed by atoms with Gasteiger partial charge >= 0.3 is 5.97 Å². The minimum atomic E-state index is -1.17. The molecule has 1 rings (SSSR count). The van der Waals surface area contributed by atoms with Gasteiger partial charge in [0.05, 0.1) is 0 Å². The third kappa shape index (κ3) is 7.60. The molecule has 0 aliphatic rings. The van der Waals surface area contributed by atoms with Crippen molar-refractivity contribution < 1.29 is 23.9 Å². The number of carbonyl (C=O) groups excluding carboxylic acids is 2. The molecule has 0 bridgehead atoms. The molecular weight excluding hydrogens is 327 g/mol. The number of benzene rings is 1. The zero-order valence-electron chi connectivity index (χ0n) is 14.5. The molecular formula is C18H23FN2O4. The lowest BCUT2D eigenvalue weighted by Crippen LogP contribution is -2.52. The second-order valence-corrected chi connectivity index (χ2v) is 6.00. The highest BCUT2D eigenvalue weighted by atomic mass is 19.1. The number of carboxylic acid groups (broad SMARTS) is 1. The van der Waals surface area contributed by atoms with Crippen molar-refractivity contribution in [1.29, 1.82) is 0 Å². The highest BCUT2D eigenvalue weighted by molar-refractivity contribution is 5.90. The van der Waals surface area contributed by atoms with E-state index in [1.165, 1.54) is 25.1 Å². The quantitative estimate of drug-likeness (QED) is 0.623. The van der Waals surface area contributed by atoms with E-state index in [4.69, 9.17) is 0 Å². The summed E-state index contributed by atoms with van der Waals surface area (Å²) in [5, 5.41) is 14.1. The Kier molecular flexibility index (Phi) is 7.78. The van der Waals surface area contributed by atoms with Crippen LogP contribution in [0.1, 0.15) is 32.8 Å². The molecule has 0 saturated heterocycles. The fourth-order valence-corrected chi connectivity index (χ4v) is 2.20. The van der Waals surface area contributed by atoms with Gasteiger partial charge in [0.25, 0.3) is 0 Å². The Balaban J connectivity index is 2.89. The molecule has 25 heavy (non-hydrogen) atoms. The Morgan fingerprint density at radius 1 is 1.16 bits per heavy atom. The van der Waals surface area contributed by atoms with Crippen LogP contribution in [0.25, 0.3) is 0 Å². The predicted octanol–water partition coefficient (Wildman–Crippen LogP) is 1.80. The lowest BCUT2D eigenvalue weighted by molar-refractivity contribution is -0.142. The molecule has 6 nitrogen and oxygen atoms in total. The maximum atomic E-state index is 13.3. The maximum absolute atomic E-state index is 13.3. The number of carboxylic acids is 1. The summed E-state index contributed by atoms with van der Waals surface area (Å²) in [6, 6.07) is 3.57. The Hall–Kier alpha value is -2.70. The van der Waals surface area contributed by atoms with Gasteiger partial charge in [-0.1, -0.05) is 23.8 Å². The van der Waals surface area contributed by atoms with Gasteiger partial charge in [-0.3, -0.25) is 9.59 Å². The number of hydrogen-bond acceptors (Lipinski definition) is 3. The fourth-order valence-electron chi connectivity index (χ4n) is 2.20. The van der Waals surface area contributed by atoms with Gasteiger partial charge in [0.2, 0.25) is 11.8 Å². The summed E-state index contributed by atoms with van der Waals surface area (Å²) < 4.78 is 13.3. The number of halogens is 1. The number of amides is 2. The minimum Gasteiger partial charge on any atom is -0.480 e. The van der Waals surface area contributed by atoms with Crippen LogP contribution in [0, 0.1) is 5.82 Å². The van der Waals surface area contributed by atoms with E-state index in [-0.39, 0.29) is 12.8 Å². The first-order valence-electron chi connectivity index (χ1n) is 7.87. The Morgan fingerprint density at radius 2 is 1.84 bits per heavy atom. The second-order valence-electron chi connectivity index (χ2n) is 6.00. The standard InChI is InChI=1S/C18H23FN2O4/c1-11(2)7-8-15(18(24)25)21-17(23)16(20-12(3)22)10-13-5-4-6-14(19)9-13/h4-7,9,15-16H,8,10H2,1-3H3,(H,20,22)(H,21,23)(H,24,25)/t15-,16+/m1/s1. The average molecular weight is 350 g/mol. The highest BCUT2D eigenvalue weighted by Gasteiger charge is 2.25. The molecule has 0 fully saturated rings. The van der Waals surface area contributed by atoms with E-state index in [2.05, 4.69) is 10.6 Å². The summed E-state index contributed by atoms with van der Waals surface area (Å²) in [6.45, 7) is 4.90. The zero-order valence-corrected chi connectivity index (χ0v) is 14.5. The van der Waals surface area contributed by atoms with Gasteiger partial charge in [0.15, 0.2) is 0 Å². The number of carbonyl (C=O) groups is 3. The topological polar surface area (TPSA) is 95.5 Å². The molecule has 1 aromatic carbocycles. The third-order valence-corrected chi connectivity index (χ3v) is 3.40. The van der Waals surface area contributed by atoms with Crippen molar-refractivity contribution in [1.82, 2.24) is 10.6 Å². The van der Waals surface area contributed by atoms with Gasteiger partial charge in [-0.15, -0.1) is 0 Å². The van der Waals surface area contributed by atoms with Crippen LogP contribution in [-0.4, -0.2) is 35.0 Å². The monoisotopic (exact) mass is 350 g/mol. The van der Waals surface area contributed by atoms with E-state index in [0.717, 1.165) is 5.57 Å². The summed E-state index contributed by atoms with van der Waals surface area (Å²) in [7, 11) is 0. The first-order valence-corrected chi connectivity index (χ1v) is 7.87. The number of rotatable bonds is 8. The molecule has 0 heterocycles. The van der Waals surface area contributed by atoms with Gasteiger partial charge in [-0.25, -0.2) is 9.18 Å². The molecule has 136 valence electrons. The number of nitrogens with one attached hydrogen (secondary N) is 2. The normalized spacial score (nSPS) is 12.6. The fraction of sp³-hybridized carbons (Fsp3) is 0.389. The first-order chi connectivity index (χ1) is 11.7. The van der Waals surface area contributed by atoms with Crippen molar-refractivity contribution >= 4 is 17.8 Å². The lowest BCUT2D eigenvalue weighted by Gasteiger charge is -2.20. The highest BCUT2D eigenvalue weighted by Crippen LogP contribution is 2.08. The van der Waals surface area contributed by atoms with Crippen LogP contribution in [-0.2, 0) is 20.8 Å². The van der Waals surface area contributed by atoms with Crippen molar-refractivity contribution in [2.45, 2.75) is 45.7 Å². The molecule has 0 spiro atoms. The second kappa shape index (κ2) is 9.56.